The predicted octanol–water partition coefficient (Wildman–Crippen LogP) is 1.81. The van der Waals surface area contributed by atoms with E-state index in [0.29, 0.717) is 26.4 Å². The topological polar surface area (TPSA) is 56.7 Å². The van der Waals surface area contributed by atoms with Crippen LogP contribution in [0.2, 0.25) is 0 Å². The lowest BCUT2D eigenvalue weighted by Crippen LogP contribution is -2.39. The molecule has 3 heterocycles. The van der Waals surface area contributed by atoms with Gasteiger partial charge in [0, 0.05) is 25.6 Å². The van der Waals surface area contributed by atoms with E-state index in [1.54, 1.807) is 6.33 Å². The molecular weight excluding hydrogens is 306 g/mol. The number of hydrogen-bond donors (Lipinski definition) is 0. The number of anilines is 1. The van der Waals surface area contributed by atoms with E-state index < -0.39 is 0 Å². The Morgan fingerprint density at radius 3 is 3.00 bits per heavy atom. The van der Waals surface area contributed by atoms with Crippen LogP contribution in [0.25, 0.3) is 0 Å². The van der Waals surface area contributed by atoms with Gasteiger partial charge in [0.15, 0.2) is 0 Å². The average Bonchev–Trinajstić information content (AvgIpc) is 2.81. The molecule has 4 rings (SSSR count). The van der Waals surface area contributed by atoms with E-state index in [-0.39, 0.29) is 6.10 Å². The molecule has 0 radical (unpaired) electrons. The summed E-state index contributed by atoms with van der Waals surface area (Å²) < 4.78 is 17.2. The summed E-state index contributed by atoms with van der Waals surface area (Å²) in [4.78, 5) is 11.1. The molecule has 1 aromatic heterocycles. The summed E-state index contributed by atoms with van der Waals surface area (Å²) in [6.45, 7) is 3.17. The van der Waals surface area contributed by atoms with E-state index in [4.69, 9.17) is 14.2 Å². The highest BCUT2D eigenvalue weighted by Crippen LogP contribution is 2.31. The molecule has 24 heavy (non-hydrogen) atoms. The maximum Gasteiger partial charge on any atom is 0.135 e. The molecule has 1 saturated heterocycles. The summed E-state index contributed by atoms with van der Waals surface area (Å²) in [5.41, 5.74) is 3.24. The Morgan fingerprint density at radius 2 is 2.12 bits per heavy atom. The van der Waals surface area contributed by atoms with Crippen molar-refractivity contribution < 1.29 is 14.2 Å². The van der Waals surface area contributed by atoms with Crippen LogP contribution in [0.4, 0.5) is 5.82 Å². The Morgan fingerprint density at radius 1 is 1.21 bits per heavy atom. The van der Waals surface area contributed by atoms with E-state index >= 15 is 0 Å². The molecule has 1 unspecified atom stereocenters. The Hall–Kier alpha value is -2.18. The number of nitrogens with zero attached hydrogens (tertiary/aromatic N) is 3. The SMILES string of the molecule is CN(CC1COCCO1)c1ncnc2c1Cc1ccccc1OC2. The van der Waals surface area contributed by atoms with E-state index in [9.17, 15) is 0 Å². The number of fused-ring (bicyclic) bond motifs is 2. The third-order valence-corrected chi connectivity index (χ3v) is 4.44. The van der Waals surface area contributed by atoms with Crippen molar-refractivity contribution in [3.8, 4) is 5.75 Å². The highest BCUT2D eigenvalue weighted by atomic mass is 16.6. The highest BCUT2D eigenvalue weighted by Gasteiger charge is 2.23. The summed E-state index contributed by atoms with van der Waals surface area (Å²) in [7, 11) is 2.04. The summed E-state index contributed by atoms with van der Waals surface area (Å²) >= 11 is 0. The first-order valence-corrected chi connectivity index (χ1v) is 8.25. The molecule has 1 aromatic carbocycles. The summed E-state index contributed by atoms with van der Waals surface area (Å²) in [6.07, 6.45) is 2.46. The second-order valence-corrected chi connectivity index (χ2v) is 6.14. The molecule has 1 fully saturated rings. The van der Waals surface area contributed by atoms with Crippen LogP contribution in [-0.4, -0.2) is 49.5 Å². The molecule has 2 aliphatic rings. The Balaban J connectivity index is 1.61. The maximum atomic E-state index is 5.91. The minimum atomic E-state index is 0.0729. The molecule has 6 heteroatoms. The quantitative estimate of drug-likeness (QED) is 0.857. The van der Waals surface area contributed by atoms with Gasteiger partial charge in [-0.15, -0.1) is 0 Å². The first kappa shape index (κ1) is 15.4. The zero-order valence-electron chi connectivity index (χ0n) is 13.8. The van der Waals surface area contributed by atoms with E-state index in [1.165, 1.54) is 0 Å². The minimum absolute atomic E-state index is 0.0729. The zero-order chi connectivity index (χ0) is 16.4. The molecule has 0 bridgehead atoms. The molecule has 126 valence electrons. The first-order chi connectivity index (χ1) is 11.8. The van der Waals surface area contributed by atoms with Crippen LogP contribution in [0.5, 0.6) is 5.75 Å². The molecule has 1 atom stereocenters. The van der Waals surface area contributed by atoms with Crippen LogP contribution < -0.4 is 9.64 Å². The average molecular weight is 327 g/mol. The van der Waals surface area contributed by atoms with Crippen LogP contribution in [0.15, 0.2) is 30.6 Å². The van der Waals surface area contributed by atoms with Gasteiger partial charge in [-0.2, -0.15) is 0 Å². The number of para-hydroxylation sites is 1. The lowest BCUT2D eigenvalue weighted by atomic mass is 10.0. The molecule has 2 aromatic rings. The zero-order valence-corrected chi connectivity index (χ0v) is 13.8. The van der Waals surface area contributed by atoms with Crippen LogP contribution >= 0.6 is 0 Å². The fourth-order valence-corrected chi connectivity index (χ4v) is 3.23. The lowest BCUT2D eigenvalue weighted by molar-refractivity contribution is -0.0837. The second-order valence-electron chi connectivity index (χ2n) is 6.14. The van der Waals surface area contributed by atoms with Crippen LogP contribution in [0.1, 0.15) is 16.8 Å². The molecule has 0 spiro atoms. The second kappa shape index (κ2) is 6.75. The monoisotopic (exact) mass is 327 g/mol. The number of ether oxygens (including phenoxy) is 3. The number of aromatic nitrogens is 2. The molecule has 0 N–H and O–H groups in total. The number of benzene rings is 1. The maximum absolute atomic E-state index is 5.91. The van der Waals surface area contributed by atoms with Gasteiger partial charge >= 0.3 is 0 Å². The van der Waals surface area contributed by atoms with Gasteiger partial charge in [0.05, 0.1) is 31.6 Å². The van der Waals surface area contributed by atoms with Crippen molar-refractivity contribution in [2.45, 2.75) is 19.1 Å². The van der Waals surface area contributed by atoms with Gasteiger partial charge in [-0.25, -0.2) is 9.97 Å². The Kier molecular flexibility index (Phi) is 4.32. The molecule has 6 nitrogen and oxygen atoms in total. The van der Waals surface area contributed by atoms with Gasteiger partial charge < -0.3 is 19.1 Å². The molecule has 0 saturated carbocycles. The largest absolute Gasteiger partial charge is 0.487 e. The molecule has 0 aliphatic carbocycles. The van der Waals surface area contributed by atoms with Gasteiger partial charge in [-0.3, -0.25) is 0 Å². The fourth-order valence-electron chi connectivity index (χ4n) is 3.23. The van der Waals surface area contributed by atoms with Gasteiger partial charge in [0.25, 0.3) is 0 Å². The van der Waals surface area contributed by atoms with Crippen molar-refractivity contribution in [1.29, 1.82) is 0 Å². The summed E-state index contributed by atoms with van der Waals surface area (Å²) in [5, 5.41) is 0. The van der Waals surface area contributed by atoms with Crippen molar-refractivity contribution in [2.24, 2.45) is 0 Å². The van der Waals surface area contributed by atoms with Crippen molar-refractivity contribution in [3.63, 3.8) is 0 Å². The van der Waals surface area contributed by atoms with Crippen LogP contribution in [0.3, 0.4) is 0 Å². The van der Waals surface area contributed by atoms with Crippen molar-refractivity contribution in [3.05, 3.63) is 47.4 Å². The first-order valence-electron chi connectivity index (χ1n) is 8.25. The van der Waals surface area contributed by atoms with Gasteiger partial charge in [-0.05, 0) is 11.6 Å². The van der Waals surface area contributed by atoms with Gasteiger partial charge in [0.2, 0.25) is 0 Å². The predicted molar refractivity (Wildman–Crippen MR) is 89.4 cm³/mol. The summed E-state index contributed by atoms with van der Waals surface area (Å²) in [5.74, 6) is 1.86. The number of rotatable bonds is 3. The fraction of sp³-hybridized carbons (Fsp3) is 0.444. The third kappa shape index (κ3) is 3.07. The standard InChI is InChI=1S/C18H21N3O3/c1-21(9-14-10-22-6-7-23-14)18-15-8-13-4-2-3-5-17(13)24-11-16(15)19-12-20-18/h2-5,12,14H,6-11H2,1H3. The normalized spacial score (nSPS) is 19.6. The van der Waals surface area contributed by atoms with Crippen molar-refractivity contribution >= 4 is 5.82 Å². The highest BCUT2D eigenvalue weighted by molar-refractivity contribution is 5.53. The lowest BCUT2D eigenvalue weighted by Gasteiger charge is -2.29. The van der Waals surface area contributed by atoms with Gasteiger partial charge in [0.1, 0.15) is 24.5 Å². The number of hydrogen-bond acceptors (Lipinski definition) is 6. The van der Waals surface area contributed by atoms with E-state index in [1.807, 2.05) is 25.2 Å². The molecular formula is C18H21N3O3. The van der Waals surface area contributed by atoms with Crippen LogP contribution in [-0.2, 0) is 22.5 Å². The van der Waals surface area contributed by atoms with E-state index in [0.717, 1.165) is 41.4 Å². The Bertz CT molecular complexity index is 716. The number of likely N-dealkylation sites (N-methyl/N-ethyl adjacent to an activating group) is 1. The van der Waals surface area contributed by atoms with Crippen molar-refractivity contribution in [2.75, 3.05) is 38.3 Å². The third-order valence-electron chi connectivity index (χ3n) is 4.44. The summed E-state index contributed by atoms with van der Waals surface area (Å²) in [6, 6.07) is 8.13. The molecule has 2 aliphatic heterocycles. The van der Waals surface area contributed by atoms with Crippen LogP contribution in [0, 0.1) is 0 Å². The molecule has 0 amide bonds. The minimum Gasteiger partial charge on any atom is -0.487 e. The van der Waals surface area contributed by atoms with E-state index in [2.05, 4.69) is 20.9 Å². The smallest absolute Gasteiger partial charge is 0.135 e. The van der Waals surface area contributed by atoms with Crippen molar-refractivity contribution in [1.82, 2.24) is 9.97 Å². The van der Waals surface area contributed by atoms with Gasteiger partial charge in [-0.1, -0.05) is 18.2 Å². The Labute approximate surface area is 141 Å².